The van der Waals surface area contributed by atoms with E-state index in [0.717, 1.165) is 0 Å². The van der Waals surface area contributed by atoms with Crippen LogP contribution in [0.25, 0.3) is 0 Å². The molecule has 2 rings (SSSR count). The van der Waals surface area contributed by atoms with Crippen LogP contribution in [-0.4, -0.2) is 10.1 Å². The second kappa shape index (κ2) is 4.79. The summed E-state index contributed by atoms with van der Waals surface area (Å²) in [5, 5.41) is 11.0. The zero-order chi connectivity index (χ0) is 14.2. The highest BCUT2D eigenvalue weighted by atomic mass is 35.5. The van der Waals surface area contributed by atoms with Crippen molar-refractivity contribution in [1.82, 2.24) is 4.98 Å². The van der Waals surface area contributed by atoms with Crippen molar-refractivity contribution in [3.63, 3.8) is 0 Å². The number of nitrogen functional groups attached to an aromatic ring is 1. The molecule has 19 heavy (non-hydrogen) atoms. The van der Waals surface area contributed by atoms with E-state index in [-0.39, 0.29) is 11.6 Å². The van der Waals surface area contributed by atoms with Crippen LogP contribution in [0, 0.1) is 12.7 Å². The van der Waals surface area contributed by atoms with Gasteiger partial charge in [-0.25, -0.2) is 9.37 Å². The number of pyridine rings is 1. The number of hydrogen-bond acceptors (Lipinski definition) is 3. The van der Waals surface area contributed by atoms with Gasteiger partial charge >= 0.3 is 0 Å². The third-order valence-corrected chi connectivity index (χ3v) is 3.35. The average Bonchev–Trinajstić information content (AvgIpc) is 2.35. The Kier molecular flexibility index (Phi) is 3.47. The van der Waals surface area contributed by atoms with Gasteiger partial charge in [-0.05, 0) is 37.1 Å². The van der Waals surface area contributed by atoms with Crippen LogP contribution < -0.4 is 5.73 Å². The Hall–Kier alpha value is -1.65. The second-order valence-corrected chi connectivity index (χ2v) is 5.06. The van der Waals surface area contributed by atoms with Crippen molar-refractivity contribution in [3.05, 3.63) is 58.0 Å². The lowest BCUT2D eigenvalue weighted by Crippen LogP contribution is -2.25. The van der Waals surface area contributed by atoms with E-state index in [2.05, 4.69) is 4.98 Å². The number of rotatable bonds is 2. The van der Waals surface area contributed by atoms with E-state index in [1.807, 2.05) is 0 Å². The Morgan fingerprint density at radius 1 is 1.37 bits per heavy atom. The summed E-state index contributed by atoms with van der Waals surface area (Å²) in [7, 11) is 0. The molecule has 0 radical (unpaired) electrons. The summed E-state index contributed by atoms with van der Waals surface area (Å²) in [6, 6.07) is 6.07. The predicted octanol–water partition coefficient (Wildman–Crippen LogP) is 3.02. The van der Waals surface area contributed by atoms with Crippen molar-refractivity contribution < 1.29 is 9.50 Å². The molecule has 3 N–H and O–H groups in total. The van der Waals surface area contributed by atoms with Crippen LogP contribution >= 0.6 is 11.6 Å². The third kappa shape index (κ3) is 2.55. The summed E-state index contributed by atoms with van der Waals surface area (Å²) in [5.74, 6) is -0.221. The molecule has 0 amide bonds. The molecule has 3 nitrogen and oxygen atoms in total. The van der Waals surface area contributed by atoms with Crippen LogP contribution in [0.1, 0.15) is 23.6 Å². The standard InChI is InChI=1S/C14H14ClFN2O/c1-8-3-4-9(5-12(8)16)14(2,19)11-6-10(15)7-18-13(11)17/h3-7,19H,1-2H3,(H2,17,18). The highest BCUT2D eigenvalue weighted by Gasteiger charge is 2.29. The van der Waals surface area contributed by atoms with Crippen molar-refractivity contribution in [1.29, 1.82) is 0 Å². The molecule has 0 saturated carbocycles. The highest BCUT2D eigenvalue weighted by molar-refractivity contribution is 6.30. The van der Waals surface area contributed by atoms with Gasteiger partial charge in [-0.1, -0.05) is 23.7 Å². The maximum Gasteiger partial charge on any atom is 0.129 e. The van der Waals surface area contributed by atoms with E-state index in [9.17, 15) is 9.50 Å². The molecule has 5 heteroatoms. The maximum absolute atomic E-state index is 13.6. The Morgan fingerprint density at radius 3 is 2.68 bits per heavy atom. The Balaban J connectivity index is 2.57. The third-order valence-electron chi connectivity index (χ3n) is 3.14. The lowest BCUT2D eigenvalue weighted by molar-refractivity contribution is 0.102. The SMILES string of the molecule is Cc1ccc(C(C)(O)c2cc(Cl)cnc2N)cc1F. The van der Waals surface area contributed by atoms with Crippen LogP contribution in [0.3, 0.4) is 0 Å². The molecule has 0 aliphatic heterocycles. The summed E-state index contributed by atoms with van der Waals surface area (Å²) < 4.78 is 13.6. The van der Waals surface area contributed by atoms with Crippen LogP contribution in [0.5, 0.6) is 0 Å². The van der Waals surface area contributed by atoms with Gasteiger partial charge in [0.25, 0.3) is 0 Å². The average molecular weight is 281 g/mol. The summed E-state index contributed by atoms with van der Waals surface area (Å²) in [4.78, 5) is 3.90. The normalized spacial score (nSPS) is 14.2. The quantitative estimate of drug-likeness (QED) is 0.889. The lowest BCUT2D eigenvalue weighted by atomic mass is 9.88. The van der Waals surface area contributed by atoms with Crippen LogP contribution in [0.15, 0.2) is 30.5 Å². The fraction of sp³-hybridized carbons (Fsp3) is 0.214. The van der Waals surface area contributed by atoms with Crippen molar-refractivity contribution in [2.75, 3.05) is 5.73 Å². The van der Waals surface area contributed by atoms with Gasteiger partial charge in [0.15, 0.2) is 0 Å². The largest absolute Gasteiger partial charge is 0.383 e. The molecule has 0 aliphatic rings. The van der Waals surface area contributed by atoms with Gasteiger partial charge in [-0.2, -0.15) is 0 Å². The van der Waals surface area contributed by atoms with Gasteiger partial charge in [0.05, 0.1) is 5.02 Å². The summed E-state index contributed by atoms with van der Waals surface area (Å²) in [6.45, 7) is 3.18. The minimum Gasteiger partial charge on any atom is -0.383 e. The van der Waals surface area contributed by atoms with E-state index in [1.165, 1.54) is 25.3 Å². The number of aryl methyl sites for hydroxylation is 1. The number of hydrogen-bond donors (Lipinski definition) is 2. The monoisotopic (exact) mass is 280 g/mol. The van der Waals surface area contributed by atoms with E-state index in [0.29, 0.717) is 21.7 Å². The van der Waals surface area contributed by atoms with Gasteiger partial charge in [-0.15, -0.1) is 0 Å². The summed E-state index contributed by atoms with van der Waals surface area (Å²) >= 11 is 5.86. The number of halogens is 2. The smallest absolute Gasteiger partial charge is 0.129 e. The van der Waals surface area contributed by atoms with Gasteiger partial charge in [-0.3, -0.25) is 0 Å². The molecule has 0 bridgehead atoms. The van der Waals surface area contributed by atoms with Crippen molar-refractivity contribution in [2.45, 2.75) is 19.4 Å². The lowest BCUT2D eigenvalue weighted by Gasteiger charge is -2.25. The first-order valence-electron chi connectivity index (χ1n) is 5.73. The number of nitrogens with two attached hydrogens (primary N) is 1. The Morgan fingerprint density at radius 2 is 2.05 bits per heavy atom. The van der Waals surface area contributed by atoms with E-state index < -0.39 is 5.60 Å². The number of anilines is 1. The fourth-order valence-corrected chi connectivity index (χ4v) is 2.05. The zero-order valence-electron chi connectivity index (χ0n) is 10.6. The first-order chi connectivity index (χ1) is 8.82. The molecule has 0 saturated heterocycles. The van der Waals surface area contributed by atoms with Crippen LogP contribution in [0.4, 0.5) is 10.2 Å². The number of aromatic nitrogens is 1. The number of aliphatic hydroxyl groups is 1. The van der Waals surface area contributed by atoms with E-state index >= 15 is 0 Å². The predicted molar refractivity (Wildman–Crippen MR) is 73.5 cm³/mol. The van der Waals surface area contributed by atoms with E-state index in [4.69, 9.17) is 17.3 Å². The second-order valence-electron chi connectivity index (χ2n) is 4.62. The summed E-state index contributed by atoms with van der Waals surface area (Å²) in [6.07, 6.45) is 1.40. The van der Waals surface area contributed by atoms with Crippen LogP contribution in [0.2, 0.25) is 5.02 Å². The van der Waals surface area contributed by atoms with E-state index in [1.54, 1.807) is 19.1 Å². The highest BCUT2D eigenvalue weighted by Crippen LogP contribution is 2.34. The first-order valence-corrected chi connectivity index (χ1v) is 6.10. The zero-order valence-corrected chi connectivity index (χ0v) is 11.4. The van der Waals surface area contributed by atoms with Gasteiger partial charge < -0.3 is 10.8 Å². The fourth-order valence-electron chi connectivity index (χ4n) is 1.89. The van der Waals surface area contributed by atoms with Gasteiger partial charge in [0.1, 0.15) is 17.2 Å². The van der Waals surface area contributed by atoms with Crippen molar-refractivity contribution in [3.8, 4) is 0 Å². The Bertz CT molecular complexity index is 629. The molecule has 1 aromatic carbocycles. The van der Waals surface area contributed by atoms with Crippen LogP contribution in [-0.2, 0) is 5.60 Å². The molecule has 1 aromatic heterocycles. The van der Waals surface area contributed by atoms with Gasteiger partial charge in [0.2, 0.25) is 0 Å². The molecule has 0 spiro atoms. The Labute approximate surface area is 115 Å². The number of benzene rings is 1. The maximum atomic E-state index is 13.6. The molecule has 100 valence electrons. The molecule has 1 unspecified atom stereocenters. The topological polar surface area (TPSA) is 59.1 Å². The number of nitrogens with zero attached hydrogens (tertiary/aromatic N) is 1. The van der Waals surface area contributed by atoms with Crippen molar-refractivity contribution in [2.24, 2.45) is 0 Å². The molecule has 1 atom stereocenters. The van der Waals surface area contributed by atoms with Gasteiger partial charge in [0, 0.05) is 11.8 Å². The molecular weight excluding hydrogens is 267 g/mol. The molecule has 0 fully saturated rings. The molecule has 2 aromatic rings. The minimum absolute atomic E-state index is 0.162. The molecule has 1 heterocycles. The minimum atomic E-state index is -1.46. The first kappa shape index (κ1) is 13.8. The summed E-state index contributed by atoms with van der Waals surface area (Å²) in [5.41, 5.74) is 5.55. The molecular formula is C14H14ClFN2O. The van der Waals surface area contributed by atoms with Crippen molar-refractivity contribution >= 4 is 17.4 Å². The molecule has 0 aliphatic carbocycles.